The summed E-state index contributed by atoms with van der Waals surface area (Å²) in [4.78, 5) is 34.2. The molecule has 33 heavy (non-hydrogen) atoms. The van der Waals surface area contributed by atoms with Gasteiger partial charge in [0, 0.05) is 30.4 Å². The number of benzene rings is 2. The molecule has 6 nitrogen and oxygen atoms in total. The lowest BCUT2D eigenvalue weighted by Gasteiger charge is -2.46. The summed E-state index contributed by atoms with van der Waals surface area (Å²) in [5.41, 5.74) is -2.61. The van der Waals surface area contributed by atoms with Crippen LogP contribution in [0.3, 0.4) is 0 Å². The van der Waals surface area contributed by atoms with Crippen molar-refractivity contribution in [1.82, 2.24) is 4.90 Å². The minimum atomic E-state index is -2.23. The zero-order valence-corrected chi connectivity index (χ0v) is 18.5. The number of ketones is 1. The molecule has 1 saturated heterocycles. The lowest BCUT2D eigenvalue weighted by molar-refractivity contribution is -0.141. The molecule has 0 amide bonds. The molecule has 1 unspecified atom stereocenters. The summed E-state index contributed by atoms with van der Waals surface area (Å²) in [7, 11) is 0. The molecule has 3 aliphatic rings. The van der Waals surface area contributed by atoms with Crippen LogP contribution in [0.1, 0.15) is 41.6 Å². The van der Waals surface area contributed by atoms with Gasteiger partial charge in [0.1, 0.15) is 11.6 Å². The highest BCUT2D eigenvalue weighted by Crippen LogP contribution is 2.52. The first-order chi connectivity index (χ1) is 15.8. The van der Waals surface area contributed by atoms with Gasteiger partial charge in [-0.3, -0.25) is 14.7 Å². The van der Waals surface area contributed by atoms with Crippen LogP contribution in [-0.2, 0) is 4.79 Å². The normalized spacial score (nSPS) is 24.3. The van der Waals surface area contributed by atoms with E-state index in [1.165, 1.54) is 6.21 Å². The number of hydrogen-bond acceptors (Lipinski definition) is 5. The van der Waals surface area contributed by atoms with E-state index in [2.05, 4.69) is 9.89 Å². The van der Waals surface area contributed by atoms with Gasteiger partial charge >= 0.3 is 5.97 Å². The largest absolute Gasteiger partial charge is 0.479 e. The molecule has 2 aromatic rings. The van der Waals surface area contributed by atoms with Crippen LogP contribution in [0.5, 0.6) is 0 Å². The predicted octanol–water partition coefficient (Wildman–Crippen LogP) is 4.15. The average Bonchev–Trinajstić information content (AvgIpc) is 3.39. The van der Waals surface area contributed by atoms with Gasteiger partial charge in [0.2, 0.25) is 11.3 Å². The molecule has 1 saturated carbocycles. The molecule has 1 N–H and O–H groups in total. The number of carbonyl (C=O) groups excluding carboxylic acids is 1. The topological polar surface area (TPSA) is 73.2 Å². The molecule has 9 heteroatoms. The maximum Gasteiger partial charge on any atom is 0.341 e. The van der Waals surface area contributed by atoms with Crippen molar-refractivity contribution in [2.75, 3.05) is 24.5 Å². The number of rotatable bonds is 5. The van der Waals surface area contributed by atoms with Gasteiger partial charge in [0.05, 0.1) is 23.5 Å². The standard InChI is InChI=1S/C24H22ClF2N3O3/c25-16-5-3-15(4-6-16)13-28-24(22(32)33)14-30(23(7-8-23)29-9-1-2-10-29)20-18(21(24)31)11-17(26)12-19(20)27/h3-6,11-13H,1-2,7-10,14H2,(H,32,33). The number of aliphatic imine (C=N–C) groups is 1. The van der Waals surface area contributed by atoms with Crippen LogP contribution >= 0.6 is 11.6 Å². The predicted molar refractivity (Wildman–Crippen MR) is 120 cm³/mol. The molecule has 2 aromatic carbocycles. The molecule has 0 aromatic heterocycles. The Balaban J connectivity index is 1.65. The Morgan fingerprint density at radius 2 is 1.79 bits per heavy atom. The third-order valence-electron chi connectivity index (χ3n) is 6.86. The van der Waals surface area contributed by atoms with Crippen LogP contribution < -0.4 is 4.90 Å². The number of hydrogen-bond donors (Lipinski definition) is 1. The summed E-state index contributed by atoms with van der Waals surface area (Å²) in [6, 6.07) is 8.20. The second-order valence-corrected chi connectivity index (χ2v) is 9.29. The van der Waals surface area contributed by atoms with E-state index in [-0.39, 0.29) is 17.8 Å². The Kier molecular flexibility index (Phi) is 5.25. The van der Waals surface area contributed by atoms with Gasteiger partial charge in [-0.1, -0.05) is 23.7 Å². The van der Waals surface area contributed by atoms with E-state index in [4.69, 9.17) is 11.6 Å². The lowest BCUT2D eigenvalue weighted by atomic mass is 9.83. The van der Waals surface area contributed by atoms with E-state index in [1.807, 2.05) is 0 Å². The second-order valence-electron chi connectivity index (χ2n) is 8.85. The molecule has 5 rings (SSSR count). The smallest absolute Gasteiger partial charge is 0.341 e. The van der Waals surface area contributed by atoms with Crippen molar-refractivity contribution in [3.63, 3.8) is 0 Å². The molecule has 0 radical (unpaired) electrons. The zero-order chi connectivity index (χ0) is 23.4. The van der Waals surface area contributed by atoms with E-state index in [0.29, 0.717) is 23.4 Å². The van der Waals surface area contributed by atoms with Crippen molar-refractivity contribution in [3.8, 4) is 0 Å². The number of anilines is 1. The maximum absolute atomic E-state index is 15.1. The number of likely N-dealkylation sites (tertiary alicyclic amines) is 1. The minimum absolute atomic E-state index is 0.0376. The van der Waals surface area contributed by atoms with E-state index in [0.717, 1.165) is 38.1 Å². The second kappa shape index (κ2) is 7.88. The van der Waals surface area contributed by atoms with Crippen LogP contribution in [0.4, 0.5) is 14.5 Å². The highest BCUT2D eigenvalue weighted by Gasteiger charge is 2.61. The van der Waals surface area contributed by atoms with E-state index in [9.17, 15) is 19.1 Å². The summed E-state index contributed by atoms with van der Waals surface area (Å²) in [5.74, 6) is -4.20. The number of Topliss-reactive ketones (excluding diaryl/α,β-unsaturated/α-hetero) is 1. The molecule has 2 aliphatic heterocycles. The van der Waals surface area contributed by atoms with Gasteiger partial charge in [0.25, 0.3) is 0 Å². The molecule has 0 bridgehead atoms. The molecule has 1 atom stereocenters. The fourth-order valence-electron chi connectivity index (χ4n) is 5.03. The summed E-state index contributed by atoms with van der Waals surface area (Å²) < 4.78 is 29.3. The van der Waals surface area contributed by atoms with Gasteiger partial charge in [-0.2, -0.15) is 0 Å². The lowest BCUT2D eigenvalue weighted by Crippen LogP contribution is -2.63. The van der Waals surface area contributed by atoms with E-state index < -0.39 is 34.6 Å². The Morgan fingerprint density at radius 1 is 1.12 bits per heavy atom. The third kappa shape index (κ3) is 3.52. The number of carboxylic acid groups (broad SMARTS) is 1. The van der Waals surface area contributed by atoms with Crippen LogP contribution in [-0.4, -0.2) is 58.8 Å². The monoisotopic (exact) mass is 473 g/mol. The first kappa shape index (κ1) is 22.0. The Bertz CT molecular complexity index is 1160. The summed E-state index contributed by atoms with van der Waals surface area (Å²) in [6.45, 7) is 1.27. The van der Waals surface area contributed by atoms with Crippen LogP contribution in [0.25, 0.3) is 0 Å². The number of nitrogens with zero attached hydrogens (tertiary/aromatic N) is 3. The minimum Gasteiger partial charge on any atom is -0.479 e. The van der Waals surface area contributed by atoms with Crippen molar-refractivity contribution in [1.29, 1.82) is 0 Å². The van der Waals surface area contributed by atoms with E-state index in [1.54, 1.807) is 29.2 Å². The van der Waals surface area contributed by atoms with Crippen molar-refractivity contribution >= 4 is 35.3 Å². The van der Waals surface area contributed by atoms with Crippen molar-refractivity contribution in [3.05, 3.63) is 64.2 Å². The van der Waals surface area contributed by atoms with Crippen LogP contribution in [0.2, 0.25) is 5.02 Å². The van der Waals surface area contributed by atoms with Crippen molar-refractivity contribution < 1.29 is 23.5 Å². The van der Waals surface area contributed by atoms with Crippen molar-refractivity contribution in [2.24, 2.45) is 4.99 Å². The number of fused-ring (bicyclic) bond motifs is 1. The molecular weight excluding hydrogens is 452 g/mol. The number of carboxylic acids is 1. The van der Waals surface area contributed by atoms with Crippen molar-refractivity contribution in [2.45, 2.75) is 36.9 Å². The highest BCUT2D eigenvalue weighted by molar-refractivity contribution is 6.30. The first-order valence-corrected chi connectivity index (χ1v) is 11.3. The van der Waals surface area contributed by atoms with Gasteiger partial charge in [-0.15, -0.1) is 0 Å². The molecule has 2 fully saturated rings. The van der Waals surface area contributed by atoms with Crippen LogP contribution in [0, 0.1) is 11.6 Å². The molecular formula is C24H22ClF2N3O3. The molecule has 1 aliphatic carbocycles. The molecule has 0 spiro atoms. The van der Waals surface area contributed by atoms with Gasteiger partial charge in [-0.05, 0) is 49.4 Å². The Labute approximate surface area is 194 Å². The highest BCUT2D eigenvalue weighted by atomic mass is 35.5. The van der Waals surface area contributed by atoms with Gasteiger partial charge in [-0.25, -0.2) is 13.6 Å². The molecule has 172 valence electrons. The SMILES string of the molecule is O=C(O)C1(N=Cc2ccc(Cl)cc2)CN(C2(N3CCCC3)CC2)c2c(F)cc(F)cc2C1=O. The number of halogens is 3. The zero-order valence-electron chi connectivity index (χ0n) is 17.7. The number of aliphatic carboxylic acids is 1. The Hall–Kier alpha value is -2.84. The summed E-state index contributed by atoms with van der Waals surface area (Å²) in [5, 5.41) is 10.7. The Morgan fingerprint density at radius 3 is 2.39 bits per heavy atom. The maximum atomic E-state index is 15.1. The fourth-order valence-corrected chi connectivity index (χ4v) is 5.15. The van der Waals surface area contributed by atoms with E-state index >= 15 is 4.39 Å². The van der Waals surface area contributed by atoms with Crippen LogP contribution in [0.15, 0.2) is 41.4 Å². The van der Waals surface area contributed by atoms with Gasteiger partial charge < -0.3 is 10.0 Å². The summed E-state index contributed by atoms with van der Waals surface area (Å²) in [6.07, 6.45) is 4.69. The fraction of sp³-hybridized carbons (Fsp3) is 0.375. The van der Waals surface area contributed by atoms with Gasteiger partial charge in [0.15, 0.2) is 0 Å². The first-order valence-electron chi connectivity index (χ1n) is 10.9. The third-order valence-corrected chi connectivity index (χ3v) is 7.11. The average molecular weight is 474 g/mol. The quantitative estimate of drug-likeness (QED) is 0.521. The summed E-state index contributed by atoms with van der Waals surface area (Å²) >= 11 is 5.91. The molecule has 2 heterocycles. The number of carbonyl (C=O) groups is 2.